The summed E-state index contributed by atoms with van der Waals surface area (Å²) in [6.07, 6.45) is 1.55. The molecule has 7 heteroatoms. The maximum absolute atomic E-state index is 13.1. The highest BCUT2D eigenvalue weighted by atomic mass is 35.5. The van der Waals surface area contributed by atoms with Gasteiger partial charge in [0.2, 0.25) is 0 Å². The molecule has 1 heterocycles. The average molecular weight is 374 g/mol. The van der Waals surface area contributed by atoms with Gasteiger partial charge in [0.1, 0.15) is 35.9 Å². The molecule has 0 aromatic heterocycles. The van der Waals surface area contributed by atoms with E-state index >= 15 is 0 Å². The molecule has 1 aliphatic heterocycles. The first-order valence-corrected chi connectivity index (χ1v) is 9.03. The van der Waals surface area contributed by atoms with Crippen molar-refractivity contribution >= 4 is 17.7 Å². The van der Waals surface area contributed by atoms with Gasteiger partial charge in [0.15, 0.2) is 0 Å². The zero-order valence-electron chi connectivity index (χ0n) is 14.5. The number of halogens is 2. The van der Waals surface area contributed by atoms with Gasteiger partial charge in [0.25, 0.3) is 0 Å². The Morgan fingerprint density at radius 2 is 2.04 bits per heavy atom. The van der Waals surface area contributed by atoms with Crippen LogP contribution in [0.25, 0.3) is 0 Å². The van der Waals surface area contributed by atoms with E-state index in [9.17, 15) is 9.18 Å². The summed E-state index contributed by atoms with van der Waals surface area (Å²) in [6.45, 7) is 4.33. The molecule has 25 heavy (non-hydrogen) atoms. The molecule has 0 amide bonds. The minimum atomic E-state index is -0.555. The third kappa shape index (κ3) is 5.83. The molecule has 1 fully saturated rings. The van der Waals surface area contributed by atoms with Crippen LogP contribution in [0.15, 0.2) is 24.3 Å². The molecule has 0 saturated carbocycles. The number of hydrogen-bond donors (Lipinski definition) is 1. The summed E-state index contributed by atoms with van der Waals surface area (Å²) in [7, 11) is 0. The van der Waals surface area contributed by atoms with Gasteiger partial charge in [-0.15, -0.1) is 0 Å². The fourth-order valence-corrected chi connectivity index (χ4v) is 3.05. The number of benzene rings is 1. The number of esters is 1. The highest BCUT2D eigenvalue weighted by molar-refractivity contribution is 6.14. The number of cyclic esters (lactones) is 1. The number of ether oxygens (including phenoxy) is 3. The van der Waals surface area contributed by atoms with E-state index in [0.717, 1.165) is 6.42 Å². The summed E-state index contributed by atoms with van der Waals surface area (Å²) in [5, 5.41) is 0. The fourth-order valence-electron chi connectivity index (χ4n) is 2.85. The highest BCUT2D eigenvalue weighted by Gasteiger charge is 2.35. The van der Waals surface area contributed by atoms with Gasteiger partial charge in [0.05, 0.1) is 0 Å². The molecule has 1 aliphatic rings. The molecule has 1 aromatic carbocycles. The monoisotopic (exact) mass is 373 g/mol. The Kier molecular flexibility index (Phi) is 7.93. The molecule has 0 aliphatic carbocycles. The maximum Gasteiger partial charge on any atom is 0.324 e. The molecular weight excluding hydrogens is 349 g/mol. The number of carbonyl (C=O) groups excluding carboxylic acids is 1. The van der Waals surface area contributed by atoms with Gasteiger partial charge in [-0.3, -0.25) is 4.79 Å². The number of carbonyl (C=O) groups is 1. The van der Waals surface area contributed by atoms with Crippen LogP contribution in [0.1, 0.15) is 39.5 Å². The molecule has 0 radical (unpaired) electrons. The van der Waals surface area contributed by atoms with Crippen molar-refractivity contribution in [2.24, 2.45) is 0 Å². The predicted octanol–water partition coefficient (Wildman–Crippen LogP) is 3.60. The molecule has 0 spiro atoms. The maximum atomic E-state index is 13.1. The Labute approximate surface area is 152 Å². The topological polar surface area (TPSA) is 56.8 Å². The molecule has 5 nitrogen and oxygen atoms in total. The summed E-state index contributed by atoms with van der Waals surface area (Å²) in [6, 6.07) is 5.31. The van der Waals surface area contributed by atoms with Crippen LogP contribution in [-0.4, -0.2) is 36.9 Å². The average Bonchev–Trinajstić information content (AvgIpc) is 2.64. The molecule has 0 bridgehead atoms. The van der Waals surface area contributed by atoms with Crippen molar-refractivity contribution < 1.29 is 23.4 Å². The van der Waals surface area contributed by atoms with Crippen LogP contribution >= 0.6 is 11.8 Å². The summed E-state index contributed by atoms with van der Waals surface area (Å²) in [5.41, 5.74) is 0. The standard InChI is InChI=1S/C18H25ClFNO4/c1-3-11-23-17-12(2)24-18(22)15(21-19)5-4-6-16(17)25-14-9-7-13(20)8-10-14/h7-10,12,15-17,21H,3-6,11H2,1-2H3/t12-,15-,16-,17-/m0/s1. The molecule has 1 aromatic rings. The first kappa shape index (κ1) is 19.9. The van der Waals surface area contributed by atoms with E-state index in [0.29, 0.717) is 31.6 Å². The molecule has 4 atom stereocenters. The Hall–Kier alpha value is -1.37. The molecule has 1 N–H and O–H groups in total. The number of rotatable bonds is 6. The van der Waals surface area contributed by atoms with Gasteiger partial charge in [0, 0.05) is 6.61 Å². The van der Waals surface area contributed by atoms with Gasteiger partial charge in [-0.05, 0) is 68.6 Å². The van der Waals surface area contributed by atoms with E-state index in [1.165, 1.54) is 12.1 Å². The Bertz CT molecular complexity index is 542. The van der Waals surface area contributed by atoms with Crippen LogP contribution in [-0.2, 0) is 14.3 Å². The van der Waals surface area contributed by atoms with Crippen molar-refractivity contribution in [3.05, 3.63) is 30.1 Å². The third-order valence-corrected chi connectivity index (χ3v) is 4.41. The smallest absolute Gasteiger partial charge is 0.324 e. The van der Waals surface area contributed by atoms with Gasteiger partial charge >= 0.3 is 5.97 Å². The van der Waals surface area contributed by atoms with Crippen LogP contribution in [0, 0.1) is 5.82 Å². The van der Waals surface area contributed by atoms with Gasteiger partial charge in [-0.2, -0.15) is 0 Å². The molecule has 140 valence electrons. The molecule has 0 unspecified atom stereocenters. The lowest BCUT2D eigenvalue weighted by molar-refractivity contribution is -0.162. The minimum Gasteiger partial charge on any atom is -0.488 e. The predicted molar refractivity (Wildman–Crippen MR) is 93.0 cm³/mol. The van der Waals surface area contributed by atoms with E-state index in [2.05, 4.69) is 4.84 Å². The van der Waals surface area contributed by atoms with Crippen LogP contribution in [0.2, 0.25) is 0 Å². The summed E-state index contributed by atoms with van der Waals surface area (Å²) in [4.78, 5) is 14.6. The third-order valence-electron chi connectivity index (χ3n) is 4.14. The Morgan fingerprint density at radius 1 is 1.32 bits per heavy atom. The van der Waals surface area contributed by atoms with Crippen LogP contribution in [0.5, 0.6) is 5.75 Å². The van der Waals surface area contributed by atoms with E-state index in [4.69, 9.17) is 26.0 Å². The summed E-state index contributed by atoms with van der Waals surface area (Å²) >= 11 is 5.65. The second kappa shape index (κ2) is 9.94. The van der Waals surface area contributed by atoms with E-state index < -0.39 is 24.2 Å². The second-order valence-electron chi connectivity index (χ2n) is 6.18. The fraction of sp³-hybridized carbons (Fsp3) is 0.611. The van der Waals surface area contributed by atoms with Crippen molar-refractivity contribution in [2.45, 2.75) is 63.9 Å². The minimum absolute atomic E-state index is 0.311. The first-order chi connectivity index (χ1) is 12.0. The van der Waals surface area contributed by atoms with Crippen molar-refractivity contribution in [1.29, 1.82) is 0 Å². The van der Waals surface area contributed by atoms with E-state index in [1.54, 1.807) is 19.1 Å². The summed E-state index contributed by atoms with van der Waals surface area (Å²) in [5.74, 6) is -0.157. The lowest BCUT2D eigenvalue weighted by Crippen LogP contribution is -2.44. The normalized spacial score (nSPS) is 27.8. The Balaban J connectivity index is 2.18. The zero-order valence-corrected chi connectivity index (χ0v) is 15.3. The quantitative estimate of drug-likeness (QED) is 0.610. The van der Waals surface area contributed by atoms with Crippen LogP contribution < -0.4 is 9.57 Å². The van der Waals surface area contributed by atoms with Crippen LogP contribution in [0.4, 0.5) is 4.39 Å². The van der Waals surface area contributed by atoms with Gasteiger partial charge in [-0.1, -0.05) is 6.92 Å². The lowest BCUT2D eigenvalue weighted by Gasteiger charge is -2.31. The zero-order chi connectivity index (χ0) is 18.2. The summed E-state index contributed by atoms with van der Waals surface area (Å²) < 4.78 is 30.6. The van der Waals surface area contributed by atoms with Crippen molar-refractivity contribution in [1.82, 2.24) is 4.84 Å². The second-order valence-corrected chi connectivity index (χ2v) is 6.40. The van der Waals surface area contributed by atoms with Gasteiger partial charge in [-0.25, -0.2) is 9.23 Å². The molecular formula is C18H25ClFNO4. The van der Waals surface area contributed by atoms with Crippen molar-refractivity contribution in [2.75, 3.05) is 6.61 Å². The Morgan fingerprint density at radius 3 is 2.68 bits per heavy atom. The molecule has 1 saturated heterocycles. The van der Waals surface area contributed by atoms with Crippen molar-refractivity contribution in [3.63, 3.8) is 0 Å². The van der Waals surface area contributed by atoms with Crippen molar-refractivity contribution in [3.8, 4) is 5.75 Å². The lowest BCUT2D eigenvalue weighted by atomic mass is 10.0. The number of hydrogen-bond acceptors (Lipinski definition) is 5. The van der Waals surface area contributed by atoms with E-state index in [1.807, 2.05) is 6.92 Å². The highest BCUT2D eigenvalue weighted by Crippen LogP contribution is 2.24. The SMILES string of the molecule is CCCO[C@H]1[C@H](C)OC(=O)[C@@H](NCl)CCC[C@@H]1Oc1ccc(F)cc1. The largest absolute Gasteiger partial charge is 0.488 e. The first-order valence-electron chi connectivity index (χ1n) is 8.65. The van der Waals surface area contributed by atoms with Crippen LogP contribution in [0.3, 0.4) is 0 Å². The van der Waals surface area contributed by atoms with E-state index in [-0.39, 0.29) is 11.9 Å². The molecule has 2 rings (SSSR count). The van der Waals surface area contributed by atoms with Gasteiger partial charge < -0.3 is 14.2 Å². The number of nitrogens with one attached hydrogen (secondary N) is 1.